The van der Waals surface area contributed by atoms with Crippen LogP contribution in [0.25, 0.3) is 0 Å². The molecule has 0 bridgehead atoms. The Hall–Kier alpha value is -2.09. The SMILES string of the molecule is CCCCc1ccc(C(=O)Oc2ccccc2)cc1. The largest absolute Gasteiger partial charge is 0.423 e. The molecule has 19 heavy (non-hydrogen) atoms. The fraction of sp³-hybridized carbons (Fsp3) is 0.235. The van der Waals surface area contributed by atoms with Crippen LogP contribution in [0.1, 0.15) is 35.7 Å². The summed E-state index contributed by atoms with van der Waals surface area (Å²) in [5.41, 5.74) is 1.85. The van der Waals surface area contributed by atoms with E-state index in [0.717, 1.165) is 6.42 Å². The molecule has 2 rings (SSSR count). The molecule has 2 heteroatoms. The Kier molecular flexibility index (Phi) is 4.73. The Morgan fingerprint density at radius 1 is 1.00 bits per heavy atom. The van der Waals surface area contributed by atoms with Gasteiger partial charge in [-0.1, -0.05) is 43.7 Å². The van der Waals surface area contributed by atoms with Gasteiger partial charge in [0.15, 0.2) is 0 Å². The maximum atomic E-state index is 11.9. The van der Waals surface area contributed by atoms with E-state index in [1.54, 1.807) is 12.1 Å². The molecule has 2 aromatic carbocycles. The number of unbranched alkanes of at least 4 members (excludes halogenated alkanes) is 1. The smallest absolute Gasteiger partial charge is 0.343 e. The molecule has 0 unspecified atom stereocenters. The minimum atomic E-state index is -0.312. The monoisotopic (exact) mass is 254 g/mol. The maximum Gasteiger partial charge on any atom is 0.343 e. The summed E-state index contributed by atoms with van der Waals surface area (Å²) in [7, 11) is 0. The van der Waals surface area contributed by atoms with Gasteiger partial charge >= 0.3 is 5.97 Å². The minimum Gasteiger partial charge on any atom is -0.423 e. The van der Waals surface area contributed by atoms with Gasteiger partial charge in [-0.2, -0.15) is 0 Å². The molecule has 0 amide bonds. The summed E-state index contributed by atoms with van der Waals surface area (Å²) in [6.45, 7) is 2.17. The van der Waals surface area contributed by atoms with Crippen molar-refractivity contribution < 1.29 is 9.53 Å². The van der Waals surface area contributed by atoms with Crippen molar-refractivity contribution in [2.24, 2.45) is 0 Å². The van der Waals surface area contributed by atoms with Gasteiger partial charge in [0.2, 0.25) is 0 Å². The van der Waals surface area contributed by atoms with E-state index in [2.05, 4.69) is 6.92 Å². The van der Waals surface area contributed by atoms with E-state index in [1.165, 1.54) is 18.4 Å². The highest BCUT2D eigenvalue weighted by Crippen LogP contribution is 2.13. The first-order valence-electron chi connectivity index (χ1n) is 6.66. The number of hydrogen-bond donors (Lipinski definition) is 0. The summed E-state index contributed by atoms with van der Waals surface area (Å²) in [4.78, 5) is 11.9. The normalized spacial score (nSPS) is 10.2. The predicted octanol–water partition coefficient (Wildman–Crippen LogP) is 4.25. The fourth-order valence-corrected chi connectivity index (χ4v) is 1.84. The summed E-state index contributed by atoms with van der Waals surface area (Å²) in [5, 5.41) is 0. The van der Waals surface area contributed by atoms with E-state index in [4.69, 9.17) is 4.74 Å². The maximum absolute atomic E-state index is 11.9. The molecule has 0 heterocycles. The van der Waals surface area contributed by atoms with Gasteiger partial charge in [-0.3, -0.25) is 0 Å². The van der Waals surface area contributed by atoms with Crippen LogP contribution in [-0.2, 0) is 6.42 Å². The van der Waals surface area contributed by atoms with E-state index in [-0.39, 0.29) is 5.97 Å². The second-order valence-corrected chi connectivity index (χ2v) is 4.50. The highest BCUT2D eigenvalue weighted by atomic mass is 16.5. The van der Waals surface area contributed by atoms with E-state index >= 15 is 0 Å². The lowest BCUT2D eigenvalue weighted by molar-refractivity contribution is 0.0735. The standard InChI is InChI=1S/C17H18O2/c1-2-3-7-14-10-12-15(13-11-14)17(18)19-16-8-5-4-6-9-16/h4-6,8-13H,2-3,7H2,1H3. The average molecular weight is 254 g/mol. The Labute approximate surface area is 114 Å². The number of hydrogen-bond acceptors (Lipinski definition) is 2. The van der Waals surface area contributed by atoms with Crippen LogP contribution in [0.15, 0.2) is 54.6 Å². The van der Waals surface area contributed by atoms with Gasteiger partial charge in [-0.15, -0.1) is 0 Å². The number of aryl methyl sites for hydroxylation is 1. The third-order valence-corrected chi connectivity index (χ3v) is 2.96. The lowest BCUT2D eigenvalue weighted by Crippen LogP contribution is -2.08. The minimum absolute atomic E-state index is 0.312. The summed E-state index contributed by atoms with van der Waals surface area (Å²) < 4.78 is 5.28. The Balaban J connectivity index is 1.99. The second kappa shape index (κ2) is 6.74. The average Bonchev–Trinajstić information content (AvgIpc) is 2.46. The highest BCUT2D eigenvalue weighted by molar-refractivity contribution is 5.91. The summed E-state index contributed by atoms with van der Waals surface area (Å²) in [6, 6.07) is 16.8. The van der Waals surface area contributed by atoms with Crippen LogP contribution >= 0.6 is 0 Å². The Bertz CT molecular complexity index is 515. The van der Waals surface area contributed by atoms with E-state index in [0.29, 0.717) is 11.3 Å². The molecule has 0 atom stereocenters. The van der Waals surface area contributed by atoms with Crippen LogP contribution in [0, 0.1) is 0 Å². The highest BCUT2D eigenvalue weighted by Gasteiger charge is 2.07. The zero-order chi connectivity index (χ0) is 13.5. The number of esters is 1. The molecule has 0 saturated carbocycles. The number of carbonyl (C=O) groups is 1. The first kappa shape index (κ1) is 13.3. The van der Waals surface area contributed by atoms with Gasteiger partial charge in [0.1, 0.15) is 5.75 Å². The lowest BCUT2D eigenvalue weighted by atomic mass is 10.1. The van der Waals surface area contributed by atoms with Crippen molar-refractivity contribution in [3.63, 3.8) is 0 Å². The van der Waals surface area contributed by atoms with Gasteiger partial charge in [0, 0.05) is 0 Å². The topological polar surface area (TPSA) is 26.3 Å². The van der Waals surface area contributed by atoms with Crippen molar-refractivity contribution in [2.75, 3.05) is 0 Å². The third-order valence-electron chi connectivity index (χ3n) is 2.96. The van der Waals surface area contributed by atoms with E-state index < -0.39 is 0 Å². The van der Waals surface area contributed by atoms with Gasteiger partial charge in [-0.25, -0.2) is 4.79 Å². The molecule has 0 aromatic heterocycles. The summed E-state index contributed by atoms with van der Waals surface area (Å²) >= 11 is 0. The zero-order valence-electron chi connectivity index (χ0n) is 11.1. The Morgan fingerprint density at radius 2 is 1.68 bits per heavy atom. The van der Waals surface area contributed by atoms with Gasteiger partial charge in [0.05, 0.1) is 5.56 Å². The third kappa shape index (κ3) is 3.95. The Morgan fingerprint density at radius 3 is 2.32 bits per heavy atom. The van der Waals surface area contributed by atoms with Crippen LogP contribution in [0.2, 0.25) is 0 Å². The first-order valence-corrected chi connectivity index (χ1v) is 6.66. The lowest BCUT2D eigenvalue weighted by Gasteiger charge is -2.05. The second-order valence-electron chi connectivity index (χ2n) is 4.50. The number of carbonyl (C=O) groups excluding carboxylic acids is 1. The number of benzene rings is 2. The van der Waals surface area contributed by atoms with Gasteiger partial charge in [-0.05, 0) is 42.7 Å². The predicted molar refractivity (Wildman–Crippen MR) is 76.5 cm³/mol. The van der Waals surface area contributed by atoms with Crippen molar-refractivity contribution in [1.29, 1.82) is 0 Å². The van der Waals surface area contributed by atoms with Crippen molar-refractivity contribution in [2.45, 2.75) is 26.2 Å². The van der Waals surface area contributed by atoms with E-state index in [9.17, 15) is 4.79 Å². The van der Waals surface area contributed by atoms with Crippen molar-refractivity contribution in [3.05, 3.63) is 65.7 Å². The van der Waals surface area contributed by atoms with Crippen molar-refractivity contribution in [3.8, 4) is 5.75 Å². The molecule has 98 valence electrons. The molecular weight excluding hydrogens is 236 g/mol. The van der Waals surface area contributed by atoms with Crippen LogP contribution in [0.4, 0.5) is 0 Å². The number of ether oxygens (including phenoxy) is 1. The van der Waals surface area contributed by atoms with Crippen LogP contribution in [-0.4, -0.2) is 5.97 Å². The fourth-order valence-electron chi connectivity index (χ4n) is 1.84. The molecule has 0 aliphatic heterocycles. The molecule has 0 aliphatic rings. The summed E-state index contributed by atoms with van der Waals surface area (Å²) in [5.74, 6) is 0.260. The molecule has 0 aliphatic carbocycles. The molecule has 0 radical (unpaired) electrons. The van der Waals surface area contributed by atoms with E-state index in [1.807, 2.05) is 42.5 Å². The van der Waals surface area contributed by atoms with Gasteiger partial charge < -0.3 is 4.74 Å². The summed E-state index contributed by atoms with van der Waals surface area (Å²) in [6.07, 6.45) is 3.41. The molecule has 0 fully saturated rings. The molecule has 2 aromatic rings. The van der Waals surface area contributed by atoms with Crippen LogP contribution in [0.3, 0.4) is 0 Å². The van der Waals surface area contributed by atoms with Crippen LogP contribution < -0.4 is 4.74 Å². The number of para-hydroxylation sites is 1. The molecular formula is C17H18O2. The zero-order valence-corrected chi connectivity index (χ0v) is 11.1. The molecule has 2 nitrogen and oxygen atoms in total. The molecule has 0 spiro atoms. The first-order chi connectivity index (χ1) is 9.29. The van der Waals surface area contributed by atoms with Crippen LogP contribution in [0.5, 0.6) is 5.75 Å². The van der Waals surface area contributed by atoms with Gasteiger partial charge in [0.25, 0.3) is 0 Å². The van der Waals surface area contributed by atoms with Crippen molar-refractivity contribution >= 4 is 5.97 Å². The van der Waals surface area contributed by atoms with Crippen molar-refractivity contribution in [1.82, 2.24) is 0 Å². The quantitative estimate of drug-likeness (QED) is 0.589. The number of rotatable bonds is 5. The molecule has 0 N–H and O–H groups in total. The molecule has 0 saturated heterocycles.